The summed E-state index contributed by atoms with van der Waals surface area (Å²) in [6, 6.07) is 19.5. The number of halogens is 1. The molecular formula is C24H21FN4O3. The number of para-hydroxylation sites is 1. The molecule has 1 unspecified atom stereocenters. The number of ether oxygens (including phenoxy) is 1. The molecule has 1 aliphatic rings. The molecule has 8 heteroatoms. The molecule has 0 fully saturated rings. The largest absolute Gasteiger partial charge is 0.497 e. The first kappa shape index (κ1) is 21.0. The lowest BCUT2D eigenvalue weighted by molar-refractivity contribution is -0.119. The number of rotatable bonds is 4. The van der Waals surface area contributed by atoms with Crippen molar-refractivity contribution in [1.82, 2.24) is 5.32 Å². The molecule has 2 N–H and O–H groups in total. The maximum absolute atomic E-state index is 14.7. The molecule has 1 aliphatic heterocycles. The Morgan fingerprint density at radius 2 is 1.75 bits per heavy atom. The van der Waals surface area contributed by atoms with Gasteiger partial charge in [0.1, 0.15) is 11.6 Å². The van der Waals surface area contributed by atoms with Gasteiger partial charge in [0.05, 0.1) is 18.5 Å². The fourth-order valence-corrected chi connectivity index (χ4v) is 3.48. The van der Waals surface area contributed by atoms with E-state index in [9.17, 15) is 14.0 Å². The molecule has 3 aromatic carbocycles. The van der Waals surface area contributed by atoms with Crippen molar-refractivity contribution in [2.24, 2.45) is 4.99 Å². The number of hydrogen-bond acceptors (Lipinski definition) is 4. The van der Waals surface area contributed by atoms with Crippen molar-refractivity contribution >= 4 is 29.0 Å². The van der Waals surface area contributed by atoms with Gasteiger partial charge < -0.3 is 20.3 Å². The van der Waals surface area contributed by atoms with E-state index in [-0.39, 0.29) is 11.3 Å². The van der Waals surface area contributed by atoms with E-state index in [2.05, 4.69) is 15.6 Å². The van der Waals surface area contributed by atoms with E-state index in [1.807, 2.05) is 0 Å². The van der Waals surface area contributed by atoms with Gasteiger partial charge in [0.15, 0.2) is 0 Å². The monoisotopic (exact) mass is 432 g/mol. The Hall–Kier alpha value is -4.20. The lowest BCUT2D eigenvalue weighted by atomic mass is 10.00. The van der Waals surface area contributed by atoms with Crippen molar-refractivity contribution in [3.63, 3.8) is 0 Å². The van der Waals surface area contributed by atoms with Crippen LogP contribution in [0.4, 0.5) is 20.6 Å². The number of benzene rings is 3. The number of likely N-dealkylation sites (N-methyl/N-ethyl adjacent to an activating group) is 1. The fourth-order valence-electron chi connectivity index (χ4n) is 3.48. The summed E-state index contributed by atoms with van der Waals surface area (Å²) in [6.45, 7) is 0. The Balaban J connectivity index is 1.70. The molecule has 0 spiro atoms. The molecule has 0 bridgehead atoms. The van der Waals surface area contributed by atoms with Crippen molar-refractivity contribution in [1.29, 1.82) is 0 Å². The third kappa shape index (κ3) is 4.15. The molecule has 1 heterocycles. The Kier molecular flexibility index (Phi) is 5.85. The van der Waals surface area contributed by atoms with Crippen LogP contribution in [-0.4, -0.2) is 38.0 Å². The average Bonchev–Trinajstić information content (AvgIpc) is 2.90. The third-order valence-corrected chi connectivity index (χ3v) is 5.07. The van der Waals surface area contributed by atoms with Gasteiger partial charge in [-0.15, -0.1) is 0 Å². The van der Waals surface area contributed by atoms with Gasteiger partial charge in [0.2, 0.25) is 6.17 Å². The first-order valence-corrected chi connectivity index (χ1v) is 9.89. The number of nitrogens with one attached hydrogen (secondary N) is 2. The summed E-state index contributed by atoms with van der Waals surface area (Å²) in [5.41, 5.74) is 2.16. The molecule has 3 aromatic rings. The molecule has 32 heavy (non-hydrogen) atoms. The van der Waals surface area contributed by atoms with Gasteiger partial charge >= 0.3 is 6.03 Å². The summed E-state index contributed by atoms with van der Waals surface area (Å²) in [5.74, 6) is -0.356. The summed E-state index contributed by atoms with van der Waals surface area (Å²) in [7, 11) is 3.12. The highest BCUT2D eigenvalue weighted by molar-refractivity contribution is 6.20. The highest BCUT2D eigenvalue weighted by Crippen LogP contribution is 2.28. The van der Waals surface area contributed by atoms with Crippen molar-refractivity contribution in [3.8, 4) is 5.75 Å². The molecule has 3 amide bonds. The van der Waals surface area contributed by atoms with E-state index in [1.54, 1.807) is 73.8 Å². The van der Waals surface area contributed by atoms with Crippen LogP contribution >= 0.6 is 0 Å². The second-order valence-corrected chi connectivity index (χ2v) is 7.10. The van der Waals surface area contributed by atoms with Crippen LogP contribution in [0.15, 0.2) is 77.8 Å². The van der Waals surface area contributed by atoms with E-state index < -0.39 is 23.9 Å². The molecule has 4 rings (SSSR count). The molecule has 0 saturated carbocycles. The first-order valence-electron chi connectivity index (χ1n) is 9.89. The van der Waals surface area contributed by atoms with Gasteiger partial charge in [-0.05, 0) is 30.3 Å². The molecule has 0 saturated heterocycles. The summed E-state index contributed by atoms with van der Waals surface area (Å²) < 4.78 is 19.8. The number of anilines is 2. The van der Waals surface area contributed by atoms with Crippen LogP contribution < -0.4 is 20.3 Å². The summed E-state index contributed by atoms with van der Waals surface area (Å²) in [5, 5.41) is 5.25. The van der Waals surface area contributed by atoms with E-state index in [4.69, 9.17) is 4.74 Å². The van der Waals surface area contributed by atoms with Gasteiger partial charge in [-0.1, -0.05) is 36.4 Å². The van der Waals surface area contributed by atoms with Crippen LogP contribution in [0, 0.1) is 5.82 Å². The number of hydrogen-bond donors (Lipinski definition) is 2. The smallest absolute Gasteiger partial charge is 0.321 e. The molecule has 162 valence electrons. The summed E-state index contributed by atoms with van der Waals surface area (Å²) in [6.07, 6.45) is -1.26. The van der Waals surface area contributed by atoms with Crippen molar-refractivity contribution in [3.05, 3.63) is 89.7 Å². The zero-order chi connectivity index (χ0) is 22.7. The molecule has 1 atom stereocenters. The van der Waals surface area contributed by atoms with Crippen molar-refractivity contribution in [2.75, 3.05) is 24.4 Å². The predicted molar refractivity (Wildman–Crippen MR) is 121 cm³/mol. The second kappa shape index (κ2) is 8.89. The number of aliphatic imine (C=N–C) groups is 1. The number of carbonyl (C=O) groups is 2. The Morgan fingerprint density at radius 3 is 2.50 bits per heavy atom. The highest BCUT2D eigenvalue weighted by Gasteiger charge is 2.31. The second-order valence-electron chi connectivity index (χ2n) is 7.10. The maximum atomic E-state index is 14.7. The number of amides is 3. The van der Waals surface area contributed by atoms with E-state index in [1.165, 1.54) is 18.1 Å². The van der Waals surface area contributed by atoms with Crippen LogP contribution in [0.2, 0.25) is 0 Å². The number of methoxy groups -OCH3 is 1. The first-order chi connectivity index (χ1) is 15.5. The van der Waals surface area contributed by atoms with Gasteiger partial charge in [0, 0.05) is 29.9 Å². The number of carbonyl (C=O) groups excluding carboxylic acids is 2. The Labute approximate surface area is 184 Å². The van der Waals surface area contributed by atoms with E-state index in [0.717, 1.165) is 0 Å². The van der Waals surface area contributed by atoms with Crippen LogP contribution in [0.5, 0.6) is 5.75 Å². The predicted octanol–water partition coefficient (Wildman–Crippen LogP) is 3.80. The van der Waals surface area contributed by atoms with Crippen LogP contribution in [0.25, 0.3) is 0 Å². The fraction of sp³-hybridized carbons (Fsp3) is 0.125. The lowest BCUT2D eigenvalue weighted by Gasteiger charge is -2.21. The minimum Gasteiger partial charge on any atom is -0.497 e. The SMILES string of the molecule is COc1cccc(NC(=O)NC2N=C(c3ccccc3F)c3ccccc3N(C)C2=O)c1. The standard InChI is InChI=1S/C24H21FN4O3/c1-29-20-13-6-4-11-18(20)21(17-10-3-5-12-19(17)25)27-22(23(29)30)28-24(31)26-15-8-7-9-16(14-15)32-2/h3-14,22H,1-2H3,(H2,26,28,31). The normalized spacial score (nSPS) is 15.3. The van der Waals surface area contributed by atoms with Crippen molar-refractivity contribution < 1.29 is 18.7 Å². The number of urea groups is 1. The van der Waals surface area contributed by atoms with E-state index in [0.29, 0.717) is 22.7 Å². The number of nitrogens with zero attached hydrogens (tertiary/aromatic N) is 2. The minimum atomic E-state index is -1.26. The topological polar surface area (TPSA) is 83.0 Å². The van der Waals surface area contributed by atoms with Gasteiger partial charge in [-0.3, -0.25) is 4.79 Å². The Morgan fingerprint density at radius 1 is 1.03 bits per heavy atom. The zero-order valence-electron chi connectivity index (χ0n) is 17.5. The summed E-state index contributed by atoms with van der Waals surface area (Å²) in [4.78, 5) is 31.7. The highest BCUT2D eigenvalue weighted by atomic mass is 19.1. The van der Waals surface area contributed by atoms with Crippen LogP contribution in [-0.2, 0) is 4.79 Å². The van der Waals surface area contributed by atoms with Crippen molar-refractivity contribution in [2.45, 2.75) is 6.17 Å². The molecule has 0 aromatic heterocycles. The van der Waals surface area contributed by atoms with Gasteiger partial charge in [-0.2, -0.15) is 0 Å². The molecule has 0 aliphatic carbocycles. The minimum absolute atomic E-state index is 0.239. The van der Waals surface area contributed by atoms with Crippen LogP contribution in [0.1, 0.15) is 11.1 Å². The Bertz CT molecular complexity index is 1210. The number of fused-ring (bicyclic) bond motifs is 1. The third-order valence-electron chi connectivity index (χ3n) is 5.07. The number of benzodiazepines with no additional fused rings is 1. The van der Waals surface area contributed by atoms with E-state index >= 15 is 0 Å². The molecule has 7 nitrogen and oxygen atoms in total. The molecular weight excluding hydrogens is 411 g/mol. The van der Waals surface area contributed by atoms with Gasteiger partial charge in [-0.25, -0.2) is 14.2 Å². The molecule has 0 radical (unpaired) electrons. The quantitative estimate of drug-likeness (QED) is 0.658. The lowest BCUT2D eigenvalue weighted by Crippen LogP contribution is -2.47. The van der Waals surface area contributed by atoms with Crippen LogP contribution in [0.3, 0.4) is 0 Å². The summed E-state index contributed by atoms with van der Waals surface area (Å²) >= 11 is 0. The average molecular weight is 432 g/mol. The maximum Gasteiger partial charge on any atom is 0.321 e. The van der Waals surface area contributed by atoms with Gasteiger partial charge in [0.25, 0.3) is 5.91 Å². The zero-order valence-corrected chi connectivity index (χ0v) is 17.5.